The van der Waals surface area contributed by atoms with E-state index >= 15 is 8.78 Å². The molecular weight excluding hydrogens is 794 g/mol. The molecule has 14 nitrogen and oxygen atoms in total. The Hall–Kier alpha value is -5.71. The number of carbonyl (C=O) groups excluding carboxylic acids is 3. The van der Waals surface area contributed by atoms with Crippen molar-refractivity contribution < 1.29 is 32.3 Å². The number of pyridine rings is 2. The predicted molar refractivity (Wildman–Crippen MR) is 220 cm³/mol. The molecule has 4 atom stereocenters. The maximum atomic E-state index is 16.0. The molecule has 1 aromatic carbocycles. The average Bonchev–Trinajstić information content (AvgIpc) is 3.70. The fraction of sp³-hybridized carbons (Fsp3) is 0.500. The van der Waals surface area contributed by atoms with E-state index < -0.39 is 53.2 Å². The zero-order valence-electron chi connectivity index (χ0n) is 34.3. The summed E-state index contributed by atoms with van der Waals surface area (Å²) in [5, 5.41) is 4.99. The second-order valence-corrected chi connectivity index (χ2v) is 17.5. The van der Waals surface area contributed by atoms with Gasteiger partial charge in [0, 0.05) is 57.0 Å². The van der Waals surface area contributed by atoms with Gasteiger partial charge in [0.05, 0.1) is 46.9 Å². The van der Waals surface area contributed by atoms with Crippen LogP contribution in [0.5, 0.6) is 5.75 Å². The number of amides is 3. The first-order valence-corrected chi connectivity index (χ1v) is 21.2. The molecule has 4 aliphatic rings. The van der Waals surface area contributed by atoms with E-state index in [9.17, 15) is 28.4 Å². The van der Waals surface area contributed by atoms with Gasteiger partial charge in [-0.1, -0.05) is 6.07 Å². The normalized spacial score (nSPS) is 25.6. The van der Waals surface area contributed by atoms with E-state index in [1.165, 1.54) is 26.0 Å². The number of benzene rings is 1. The molecule has 2 unspecified atom stereocenters. The van der Waals surface area contributed by atoms with Crippen molar-refractivity contribution >= 4 is 40.1 Å². The second-order valence-electron chi connectivity index (χ2n) is 17.5. The number of ether oxygens (including phenoxy) is 1. The Morgan fingerprint density at radius 3 is 2.49 bits per heavy atom. The van der Waals surface area contributed by atoms with E-state index in [2.05, 4.69) is 10.6 Å². The first kappa shape index (κ1) is 40.7. The van der Waals surface area contributed by atoms with E-state index in [1.54, 1.807) is 48.0 Å². The van der Waals surface area contributed by atoms with Crippen LogP contribution in [0.1, 0.15) is 111 Å². The van der Waals surface area contributed by atoms with Gasteiger partial charge >= 0.3 is 5.69 Å². The maximum absolute atomic E-state index is 16.0. The maximum Gasteiger partial charge on any atom is 0.329 e. The molecule has 4 fully saturated rings. The van der Waals surface area contributed by atoms with Gasteiger partial charge in [0.2, 0.25) is 11.8 Å². The summed E-state index contributed by atoms with van der Waals surface area (Å²) in [5.41, 5.74) is 2.20. The number of hydrogen-bond donors (Lipinski definition) is 2. The van der Waals surface area contributed by atoms with Crippen LogP contribution in [0.4, 0.5) is 18.9 Å². The third kappa shape index (κ3) is 7.76. The molecule has 2 saturated carbocycles. The summed E-state index contributed by atoms with van der Waals surface area (Å²) < 4.78 is 57.6. The van der Waals surface area contributed by atoms with Gasteiger partial charge in [-0.05, 0) is 94.7 Å². The number of halogens is 3. The lowest BCUT2D eigenvalue weighted by Crippen LogP contribution is -2.49. The van der Waals surface area contributed by atoms with Gasteiger partial charge in [-0.3, -0.25) is 38.5 Å². The number of carbonyl (C=O) groups is 3. The van der Waals surface area contributed by atoms with Gasteiger partial charge < -0.3 is 19.0 Å². The molecule has 0 spiro atoms. The fourth-order valence-electron chi connectivity index (χ4n) is 9.66. The fourth-order valence-corrected chi connectivity index (χ4v) is 9.66. The first-order chi connectivity index (χ1) is 29.1. The number of aromatic nitrogens is 5. The number of alkyl halides is 3. The minimum Gasteiger partial charge on any atom is -0.490 e. The number of imide groups is 1. The van der Waals surface area contributed by atoms with Crippen molar-refractivity contribution in [1.82, 2.24) is 33.3 Å². The largest absolute Gasteiger partial charge is 0.490 e. The van der Waals surface area contributed by atoms with Crippen LogP contribution < -0.4 is 26.6 Å². The van der Waals surface area contributed by atoms with Crippen molar-refractivity contribution in [1.29, 1.82) is 0 Å². The molecule has 4 aromatic heterocycles. The lowest BCUT2D eigenvalue weighted by molar-refractivity contribution is -0.135. The minimum absolute atomic E-state index is 0.0470. The Morgan fingerprint density at radius 1 is 1.02 bits per heavy atom. The number of anilines is 1. The smallest absolute Gasteiger partial charge is 0.329 e. The number of rotatable bonds is 10. The van der Waals surface area contributed by atoms with Crippen molar-refractivity contribution in [2.24, 2.45) is 13.0 Å². The van der Waals surface area contributed by atoms with Crippen LogP contribution in [0.3, 0.4) is 0 Å². The van der Waals surface area contributed by atoms with Gasteiger partial charge in [0.15, 0.2) is 0 Å². The summed E-state index contributed by atoms with van der Waals surface area (Å²) in [7, 11) is 1.56. The zero-order valence-corrected chi connectivity index (χ0v) is 34.3. The van der Waals surface area contributed by atoms with Crippen LogP contribution >= 0.6 is 0 Å². The molecule has 2 aliphatic carbocycles. The van der Waals surface area contributed by atoms with E-state index in [4.69, 9.17) is 9.72 Å². The van der Waals surface area contributed by atoms with Gasteiger partial charge in [-0.15, -0.1) is 0 Å². The minimum atomic E-state index is -3.01. The number of likely N-dealkylation sites (tertiary alicyclic amines) is 1. The van der Waals surface area contributed by atoms with Crippen molar-refractivity contribution in [3.05, 3.63) is 92.6 Å². The predicted octanol–water partition coefficient (Wildman–Crippen LogP) is 5.85. The standard InChI is InChI=1S/C44H49F3N8O6/c1-24(2)61-37-19-38-48-32(22-53(38)21-28(37)40(57)49-31-5-4-15-54(42(31)59)35-18-30(35)45)26-8-6-25(7-9-26)20-52-16-14-29(44(46,47)23-52)27-10-11-33-36(17-27)51(3)43(60)55(33)34-12-13-39(56)50-41(34)58/h4-5,10-11,15,17,19,21-22,24-26,29-30,34-35H,6-9,12-14,16,18,20,23H2,1-3H3,(H,49,57)(H,50,56,58)/t25-,26-,29?,30-,34?,35+/m1/s1. The van der Waals surface area contributed by atoms with E-state index in [0.717, 1.165) is 31.4 Å². The summed E-state index contributed by atoms with van der Waals surface area (Å²) in [6, 6.07) is 8.35. The van der Waals surface area contributed by atoms with Crippen LogP contribution in [-0.2, 0) is 16.6 Å². The SMILES string of the molecule is CC(C)Oc1cc2nc([C@H]3CC[C@H](CN4CCC(c5ccc6c(c5)n(C)c(=O)n6C5CCC(=O)NC5=O)C(F)(F)C4)CC3)cn2cc1C(=O)Nc1cccn([C@H]2C[C@H]2F)c1=O. The van der Waals surface area contributed by atoms with E-state index in [1.807, 2.05) is 24.9 Å². The number of nitrogens with zero attached hydrogens (tertiary/aromatic N) is 6. The van der Waals surface area contributed by atoms with Crippen LogP contribution in [0, 0.1) is 5.92 Å². The summed E-state index contributed by atoms with van der Waals surface area (Å²) >= 11 is 0. The Bertz CT molecular complexity index is 2680. The van der Waals surface area contributed by atoms with Crippen LogP contribution in [-0.4, -0.2) is 83.5 Å². The average molecular weight is 843 g/mol. The first-order valence-electron chi connectivity index (χ1n) is 21.2. The molecule has 61 heavy (non-hydrogen) atoms. The summed E-state index contributed by atoms with van der Waals surface area (Å²) in [6.07, 6.45) is 7.95. The lowest BCUT2D eigenvalue weighted by atomic mass is 9.79. The highest BCUT2D eigenvalue weighted by Gasteiger charge is 2.46. The Kier molecular flexibility index (Phi) is 10.4. The molecule has 6 heterocycles. The quantitative estimate of drug-likeness (QED) is 0.166. The van der Waals surface area contributed by atoms with Crippen molar-refractivity contribution in [2.45, 2.75) is 107 Å². The number of hydrogen-bond acceptors (Lipinski definition) is 8. The van der Waals surface area contributed by atoms with Gasteiger partial charge in [0.1, 0.15) is 29.3 Å². The highest BCUT2D eigenvalue weighted by atomic mass is 19.3. The monoisotopic (exact) mass is 842 g/mol. The second kappa shape index (κ2) is 15.6. The molecule has 2 N–H and O–H groups in total. The lowest BCUT2D eigenvalue weighted by Gasteiger charge is -2.41. The van der Waals surface area contributed by atoms with Crippen LogP contribution in [0.25, 0.3) is 16.7 Å². The highest BCUT2D eigenvalue weighted by Crippen LogP contribution is 2.43. The molecule has 0 radical (unpaired) electrons. The summed E-state index contributed by atoms with van der Waals surface area (Å²) in [5.74, 6) is -4.79. The molecule has 3 amide bonds. The molecule has 2 saturated heterocycles. The Morgan fingerprint density at radius 2 is 1.79 bits per heavy atom. The molecular formula is C44H49F3N8O6. The molecule has 2 aliphatic heterocycles. The van der Waals surface area contributed by atoms with Crippen molar-refractivity contribution in [3.8, 4) is 5.75 Å². The van der Waals surface area contributed by atoms with E-state index in [-0.39, 0.29) is 67.3 Å². The third-order valence-electron chi connectivity index (χ3n) is 12.9. The number of fused-ring (bicyclic) bond motifs is 2. The van der Waals surface area contributed by atoms with Crippen molar-refractivity contribution in [3.63, 3.8) is 0 Å². The molecule has 5 aromatic rings. The molecule has 17 heteroatoms. The highest BCUT2D eigenvalue weighted by molar-refractivity contribution is 6.06. The molecule has 9 rings (SSSR count). The van der Waals surface area contributed by atoms with Crippen LogP contribution in [0.2, 0.25) is 0 Å². The summed E-state index contributed by atoms with van der Waals surface area (Å²) in [6.45, 7) is 4.41. The van der Waals surface area contributed by atoms with Gasteiger partial charge in [0.25, 0.3) is 17.4 Å². The van der Waals surface area contributed by atoms with E-state index in [0.29, 0.717) is 41.1 Å². The number of nitrogens with one attached hydrogen (secondary N) is 2. The van der Waals surface area contributed by atoms with Crippen LogP contribution in [0.15, 0.2) is 64.6 Å². The third-order valence-corrected chi connectivity index (χ3v) is 12.9. The van der Waals surface area contributed by atoms with Crippen molar-refractivity contribution in [2.75, 3.05) is 25.0 Å². The molecule has 322 valence electrons. The topological polar surface area (TPSA) is 154 Å². The molecule has 0 bridgehead atoms. The zero-order chi connectivity index (χ0) is 42.9. The van der Waals surface area contributed by atoms with Gasteiger partial charge in [-0.25, -0.2) is 22.9 Å². The Balaban J connectivity index is 0.839. The number of imidazole rings is 2. The number of piperidine rings is 2. The number of aryl methyl sites for hydroxylation is 1. The van der Waals surface area contributed by atoms with Gasteiger partial charge in [-0.2, -0.15) is 0 Å². The summed E-state index contributed by atoms with van der Waals surface area (Å²) in [4.78, 5) is 71.0. The Labute approximate surface area is 348 Å².